The minimum Gasteiger partial charge on any atom is -0.224 e. The molecule has 19 heavy (non-hydrogen) atoms. The molecule has 0 N–H and O–H groups in total. The maximum Gasteiger partial charge on any atom is 0.175 e. The first-order chi connectivity index (χ1) is 8.79. The van der Waals surface area contributed by atoms with Crippen molar-refractivity contribution in [2.24, 2.45) is 0 Å². The quantitative estimate of drug-likeness (QED) is 0.768. The van der Waals surface area contributed by atoms with Gasteiger partial charge >= 0.3 is 0 Å². The molecule has 2 aromatic rings. The molecule has 0 aliphatic heterocycles. The van der Waals surface area contributed by atoms with Crippen LogP contribution in [0.2, 0.25) is 0 Å². The van der Waals surface area contributed by atoms with Crippen LogP contribution in [0, 0.1) is 13.8 Å². The summed E-state index contributed by atoms with van der Waals surface area (Å²) in [6, 6.07) is 9.24. The van der Waals surface area contributed by atoms with Crippen molar-refractivity contribution < 1.29 is 8.42 Å². The van der Waals surface area contributed by atoms with E-state index >= 15 is 0 Å². The fourth-order valence-electron chi connectivity index (χ4n) is 1.98. The molecule has 102 valence electrons. The first kappa shape index (κ1) is 14.8. The molecule has 0 saturated heterocycles. The van der Waals surface area contributed by atoms with Gasteiger partial charge in [0.15, 0.2) is 9.84 Å². The lowest BCUT2D eigenvalue weighted by atomic mass is 10.1. The minimum atomic E-state index is -3.16. The number of benzene rings is 1. The van der Waals surface area contributed by atoms with Crippen LogP contribution in [-0.2, 0) is 9.84 Å². The van der Waals surface area contributed by atoms with Crippen molar-refractivity contribution in [3.63, 3.8) is 0 Å². The van der Waals surface area contributed by atoms with Crippen LogP contribution in [0.1, 0.15) is 25.7 Å². The third kappa shape index (κ3) is 3.27. The molecule has 1 atom stereocenters. The third-order valence-corrected chi connectivity index (χ3v) is 6.05. The van der Waals surface area contributed by atoms with E-state index in [2.05, 4.69) is 35.8 Å². The topological polar surface area (TPSA) is 34.1 Å². The van der Waals surface area contributed by atoms with E-state index in [0.29, 0.717) is 4.90 Å². The lowest BCUT2D eigenvalue weighted by Crippen LogP contribution is -1.99. The van der Waals surface area contributed by atoms with Gasteiger partial charge in [-0.05, 0) is 43.2 Å². The summed E-state index contributed by atoms with van der Waals surface area (Å²) >= 11 is 5.42. The van der Waals surface area contributed by atoms with Crippen molar-refractivity contribution in [3.8, 4) is 0 Å². The number of hydrogen-bond acceptors (Lipinski definition) is 3. The van der Waals surface area contributed by atoms with Gasteiger partial charge in [-0.2, -0.15) is 0 Å². The fraction of sp³-hybridized carbons (Fsp3) is 0.286. The van der Waals surface area contributed by atoms with Gasteiger partial charge in [0.25, 0.3) is 0 Å². The molecule has 0 amide bonds. The molecule has 0 radical (unpaired) electrons. The van der Waals surface area contributed by atoms with E-state index in [1.807, 2.05) is 6.07 Å². The van der Waals surface area contributed by atoms with E-state index in [1.165, 1.54) is 21.6 Å². The van der Waals surface area contributed by atoms with E-state index in [9.17, 15) is 8.42 Å². The van der Waals surface area contributed by atoms with Crippen molar-refractivity contribution in [2.75, 3.05) is 6.26 Å². The first-order valence-corrected chi connectivity index (χ1v) is 9.42. The van der Waals surface area contributed by atoms with Crippen LogP contribution < -0.4 is 0 Å². The third-order valence-electron chi connectivity index (χ3n) is 2.93. The number of rotatable bonds is 3. The molecule has 2 rings (SSSR count). The Morgan fingerprint density at radius 1 is 1.21 bits per heavy atom. The van der Waals surface area contributed by atoms with Gasteiger partial charge in [0.05, 0.1) is 9.72 Å². The maximum absolute atomic E-state index is 11.6. The molecule has 5 heteroatoms. The molecular weight excluding hydrogens is 344 g/mol. The summed E-state index contributed by atoms with van der Waals surface area (Å²) in [5.74, 6) is 0. The van der Waals surface area contributed by atoms with Gasteiger partial charge in [-0.15, -0.1) is 11.3 Å². The zero-order valence-electron chi connectivity index (χ0n) is 11.0. The SMILES string of the molecule is Cc1cc(C(Br)c2cccc(S(C)(=O)=O)c2)c(C)s1. The van der Waals surface area contributed by atoms with Crippen LogP contribution in [0.5, 0.6) is 0 Å². The number of hydrogen-bond donors (Lipinski definition) is 0. The molecule has 1 aromatic heterocycles. The normalized spacial score (nSPS) is 13.5. The summed E-state index contributed by atoms with van der Waals surface area (Å²) in [6.07, 6.45) is 1.23. The Kier molecular flexibility index (Phi) is 4.18. The lowest BCUT2D eigenvalue weighted by molar-refractivity contribution is 0.602. The van der Waals surface area contributed by atoms with Crippen LogP contribution >= 0.6 is 27.3 Å². The van der Waals surface area contributed by atoms with Gasteiger partial charge in [0.2, 0.25) is 0 Å². The van der Waals surface area contributed by atoms with Crippen molar-refractivity contribution in [1.29, 1.82) is 0 Å². The first-order valence-electron chi connectivity index (χ1n) is 5.80. The molecule has 0 saturated carbocycles. The minimum absolute atomic E-state index is 0.0270. The summed E-state index contributed by atoms with van der Waals surface area (Å²) in [7, 11) is -3.16. The average molecular weight is 359 g/mol. The summed E-state index contributed by atoms with van der Waals surface area (Å²) in [5, 5.41) is 0. The highest BCUT2D eigenvalue weighted by molar-refractivity contribution is 9.09. The van der Waals surface area contributed by atoms with Crippen LogP contribution in [0.4, 0.5) is 0 Å². The fourth-order valence-corrected chi connectivity index (χ4v) is 4.54. The molecule has 0 bridgehead atoms. The number of aryl methyl sites for hydroxylation is 2. The van der Waals surface area contributed by atoms with E-state index in [-0.39, 0.29) is 4.83 Å². The van der Waals surface area contributed by atoms with E-state index in [0.717, 1.165) is 5.56 Å². The number of alkyl halides is 1. The highest BCUT2D eigenvalue weighted by Crippen LogP contribution is 2.37. The van der Waals surface area contributed by atoms with Gasteiger partial charge in [-0.1, -0.05) is 28.1 Å². The zero-order valence-corrected chi connectivity index (χ0v) is 14.2. The highest BCUT2D eigenvalue weighted by Gasteiger charge is 2.17. The van der Waals surface area contributed by atoms with Gasteiger partial charge in [0, 0.05) is 16.0 Å². The van der Waals surface area contributed by atoms with Crippen LogP contribution in [-0.4, -0.2) is 14.7 Å². The summed E-state index contributed by atoms with van der Waals surface area (Å²) < 4.78 is 23.2. The summed E-state index contributed by atoms with van der Waals surface area (Å²) in [6.45, 7) is 4.16. The smallest absolute Gasteiger partial charge is 0.175 e. The van der Waals surface area contributed by atoms with E-state index in [4.69, 9.17) is 0 Å². The molecular formula is C14H15BrO2S2. The van der Waals surface area contributed by atoms with Crippen LogP contribution in [0.3, 0.4) is 0 Å². The Labute approximate surface area is 126 Å². The Bertz CT molecular complexity index is 702. The highest BCUT2D eigenvalue weighted by atomic mass is 79.9. The summed E-state index contributed by atoms with van der Waals surface area (Å²) in [5.41, 5.74) is 2.16. The molecule has 1 heterocycles. The van der Waals surface area contributed by atoms with E-state index < -0.39 is 9.84 Å². The van der Waals surface area contributed by atoms with Gasteiger partial charge in [0.1, 0.15) is 0 Å². The van der Waals surface area contributed by atoms with Gasteiger partial charge < -0.3 is 0 Å². The van der Waals surface area contributed by atoms with Crippen LogP contribution in [0.15, 0.2) is 35.2 Å². The molecule has 2 nitrogen and oxygen atoms in total. The monoisotopic (exact) mass is 358 g/mol. The van der Waals surface area contributed by atoms with E-state index in [1.54, 1.807) is 29.5 Å². The summed E-state index contributed by atoms with van der Waals surface area (Å²) in [4.78, 5) is 2.90. The van der Waals surface area contributed by atoms with Crippen molar-refractivity contribution in [2.45, 2.75) is 23.6 Å². The van der Waals surface area contributed by atoms with Gasteiger partial charge in [-0.3, -0.25) is 0 Å². The number of halogens is 1. The Morgan fingerprint density at radius 2 is 1.89 bits per heavy atom. The largest absolute Gasteiger partial charge is 0.224 e. The van der Waals surface area contributed by atoms with Crippen molar-refractivity contribution >= 4 is 37.1 Å². The van der Waals surface area contributed by atoms with Crippen LogP contribution in [0.25, 0.3) is 0 Å². The van der Waals surface area contributed by atoms with Gasteiger partial charge in [-0.25, -0.2) is 8.42 Å². The van der Waals surface area contributed by atoms with Crippen molar-refractivity contribution in [3.05, 3.63) is 51.2 Å². The van der Waals surface area contributed by atoms with Crippen molar-refractivity contribution in [1.82, 2.24) is 0 Å². The number of thiophene rings is 1. The average Bonchev–Trinajstić information content (AvgIpc) is 2.66. The predicted octanol–water partition coefficient (Wildman–Crippen LogP) is 4.25. The molecule has 0 aliphatic carbocycles. The zero-order chi connectivity index (χ0) is 14.2. The maximum atomic E-state index is 11.6. The second kappa shape index (κ2) is 5.38. The second-order valence-corrected chi connectivity index (χ2v) is 8.97. The standard InChI is InChI=1S/C14H15BrO2S2/c1-9-7-13(10(2)18-9)14(15)11-5-4-6-12(8-11)19(3,16)17/h4-8,14H,1-3H3. The molecule has 0 fully saturated rings. The molecule has 0 aliphatic rings. The second-order valence-electron chi connectivity index (χ2n) is 4.58. The molecule has 0 spiro atoms. The Balaban J connectivity index is 2.45. The molecule has 1 aromatic carbocycles. The molecule has 1 unspecified atom stereocenters. The Morgan fingerprint density at radius 3 is 2.42 bits per heavy atom. The lowest BCUT2D eigenvalue weighted by Gasteiger charge is -2.11. The number of sulfone groups is 1. The predicted molar refractivity (Wildman–Crippen MR) is 84.1 cm³/mol. The Hall–Kier alpha value is -0.650.